The number of nitrogens with zero attached hydrogens (tertiary/aromatic N) is 3. The molecule has 0 fully saturated rings. The number of alkyl halides is 1. The standard InChI is InChI=1S/C14H13BrClN3S/c1-9(10-3-5-20-8-10)19-13(2-4-16)18-12-6-11(15)7-17-14(12)19/h3,5-9H,2,4H2,1H3. The maximum atomic E-state index is 5.92. The first-order valence-corrected chi connectivity index (χ1v) is 8.58. The molecule has 1 atom stereocenters. The molecule has 3 aromatic heterocycles. The summed E-state index contributed by atoms with van der Waals surface area (Å²) < 4.78 is 3.13. The molecule has 0 N–H and O–H groups in total. The number of fused-ring (bicyclic) bond motifs is 1. The van der Waals surface area contributed by atoms with Crippen molar-refractivity contribution in [3.63, 3.8) is 0 Å². The van der Waals surface area contributed by atoms with Crippen molar-refractivity contribution in [3.05, 3.63) is 45.0 Å². The van der Waals surface area contributed by atoms with Gasteiger partial charge in [0.15, 0.2) is 5.65 Å². The van der Waals surface area contributed by atoms with Crippen molar-refractivity contribution in [2.75, 3.05) is 5.88 Å². The van der Waals surface area contributed by atoms with E-state index in [1.54, 1.807) is 11.3 Å². The summed E-state index contributed by atoms with van der Waals surface area (Å²) in [7, 11) is 0. The molecule has 1 unspecified atom stereocenters. The molecule has 20 heavy (non-hydrogen) atoms. The van der Waals surface area contributed by atoms with E-state index in [2.05, 4.69) is 54.2 Å². The van der Waals surface area contributed by atoms with E-state index in [4.69, 9.17) is 11.6 Å². The van der Waals surface area contributed by atoms with Crippen molar-refractivity contribution < 1.29 is 0 Å². The third-order valence-electron chi connectivity index (χ3n) is 3.30. The second-order valence-corrected chi connectivity index (χ2v) is 6.64. The first kappa shape index (κ1) is 14.0. The van der Waals surface area contributed by atoms with E-state index in [1.807, 2.05) is 12.3 Å². The van der Waals surface area contributed by atoms with E-state index < -0.39 is 0 Å². The monoisotopic (exact) mass is 369 g/mol. The fraction of sp³-hybridized carbons (Fsp3) is 0.286. The lowest BCUT2D eigenvalue weighted by Gasteiger charge is -2.15. The van der Waals surface area contributed by atoms with E-state index in [1.165, 1.54) is 5.56 Å². The van der Waals surface area contributed by atoms with Gasteiger partial charge in [-0.1, -0.05) is 0 Å². The van der Waals surface area contributed by atoms with E-state index in [0.717, 1.165) is 27.9 Å². The van der Waals surface area contributed by atoms with Gasteiger partial charge in [-0.05, 0) is 51.3 Å². The van der Waals surface area contributed by atoms with Crippen molar-refractivity contribution in [1.29, 1.82) is 0 Å². The van der Waals surface area contributed by atoms with Gasteiger partial charge < -0.3 is 4.57 Å². The van der Waals surface area contributed by atoms with E-state index in [-0.39, 0.29) is 6.04 Å². The minimum atomic E-state index is 0.207. The Hall–Kier alpha value is -0.910. The normalized spacial score (nSPS) is 12.9. The molecule has 3 rings (SSSR count). The molecule has 0 aliphatic heterocycles. The molecule has 104 valence electrons. The van der Waals surface area contributed by atoms with Crippen LogP contribution in [0.2, 0.25) is 0 Å². The number of pyridine rings is 1. The summed E-state index contributed by atoms with van der Waals surface area (Å²) in [4.78, 5) is 9.21. The highest BCUT2D eigenvalue weighted by atomic mass is 79.9. The van der Waals surface area contributed by atoms with Gasteiger partial charge in [0.1, 0.15) is 11.3 Å². The Morgan fingerprint density at radius 1 is 1.50 bits per heavy atom. The van der Waals surface area contributed by atoms with Gasteiger partial charge in [0, 0.05) is 23.0 Å². The summed E-state index contributed by atoms with van der Waals surface area (Å²) in [6, 6.07) is 4.35. The Bertz CT molecular complexity index is 723. The van der Waals surface area contributed by atoms with Gasteiger partial charge in [0.05, 0.1) is 6.04 Å². The van der Waals surface area contributed by atoms with Crippen molar-refractivity contribution in [1.82, 2.24) is 14.5 Å². The van der Waals surface area contributed by atoms with Crippen LogP contribution in [0.1, 0.15) is 24.4 Å². The summed E-state index contributed by atoms with van der Waals surface area (Å²) in [6.07, 6.45) is 2.55. The molecule has 0 aromatic carbocycles. The van der Waals surface area contributed by atoms with Gasteiger partial charge in [-0.2, -0.15) is 11.3 Å². The maximum Gasteiger partial charge on any atom is 0.160 e. The number of thiophene rings is 1. The average Bonchev–Trinajstić information content (AvgIpc) is 3.05. The van der Waals surface area contributed by atoms with Crippen LogP contribution in [0.4, 0.5) is 0 Å². The predicted molar refractivity (Wildman–Crippen MR) is 87.8 cm³/mol. The molecule has 0 amide bonds. The maximum absolute atomic E-state index is 5.92. The Kier molecular flexibility index (Phi) is 4.10. The van der Waals surface area contributed by atoms with Crippen LogP contribution in [0, 0.1) is 0 Å². The topological polar surface area (TPSA) is 30.7 Å². The molecule has 0 bridgehead atoms. The third kappa shape index (κ3) is 2.50. The molecule has 0 saturated heterocycles. The summed E-state index contributed by atoms with van der Waals surface area (Å²) in [5.74, 6) is 1.54. The molecular formula is C14H13BrClN3S. The van der Waals surface area contributed by atoms with Crippen LogP contribution in [-0.2, 0) is 6.42 Å². The summed E-state index contributed by atoms with van der Waals surface area (Å²) >= 11 is 11.1. The number of hydrogen-bond donors (Lipinski definition) is 0. The largest absolute Gasteiger partial charge is 0.305 e. The lowest BCUT2D eigenvalue weighted by Crippen LogP contribution is -2.11. The quantitative estimate of drug-likeness (QED) is 0.626. The lowest BCUT2D eigenvalue weighted by molar-refractivity contribution is 0.621. The van der Waals surface area contributed by atoms with Gasteiger partial charge in [0.2, 0.25) is 0 Å². The highest BCUT2D eigenvalue weighted by Gasteiger charge is 2.18. The average molecular weight is 371 g/mol. The van der Waals surface area contributed by atoms with E-state index in [9.17, 15) is 0 Å². The van der Waals surface area contributed by atoms with Crippen LogP contribution in [0.15, 0.2) is 33.6 Å². The van der Waals surface area contributed by atoms with Gasteiger partial charge in [-0.25, -0.2) is 9.97 Å². The lowest BCUT2D eigenvalue weighted by atomic mass is 10.2. The zero-order chi connectivity index (χ0) is 14.1. The fourth-order valence-electron chi connectivity index (χ4n) is 2.33. The highest BCUT2D eigenvalue weighted by molar-refractivity contribution is 9.10. The summed E-state index contributed by atoms with van der Waals surface area (Å²) in [6.45, 7) is 2.17. The minimum absolute atomic E-state index is 0.207. The van der Waals surface area contributed by atoms with Crippen LogP contribution in [0.3, 0.4) is 0 Å². The second-order valence-electron chi connectivity index (χ2n) is 4.57. The van der Waals surface area contributed by atoms with E-state index >= 15 is 0 Å². The third-order valence-corrected chi connectivity index (χ3v) is 4.62. The summed E-state index contributed by atoms with van der Waals surface area (Å²) in [5.41, 5.74) is 3.09. The molecule has 3 aromatic rings. The Labute approximate surface area is 134 Å². The molecule has 3 nitrogen and oxygen atoms in total. The zero-order valence-corrected chi connectivity index (χ0v) is 14.0. The van der Waals surface area contributed by atoms with Gasteiger partial charge in [0.25, 0.3) is 0 Å². The molecule has 0 aliphatic carbocycles. The first-order chi connectivity index (χ1) is 9.70. The predicted octanol–water partition coefficient (Wildman–Crippen LogP) is 4.65. The molecular weight excluding hydrogens is 358 g/mol. The van der Waals surface area contributed by atoms with Crippen molar-refractivity contribution in [2.24, 2.45) is 0 Å². The highest BCUT2D eigenvalue weighted by Crippen LogP contribution is 2.27. The van der Waals surface area contributed by atoms with Crippen LogP contribution >= 0.6 is 38.9 Å². The van der Waals surface area contributed by atoms with Crippen LogP contribution in [-0.4, -0.2) is 20.4 Å². The Morgan fingerprint density at radius 2 is 2.35 bits per heavy atom. The summed E-state index contributed by atoms with van der Waals surface area (Å²) in [5, 5.41) is 4.26. The Morgan fingerprint density at radius 3 is 3.05 bits per heavy atom. The van der Waals surface area contributed by atoms with Crippen molar-refractivity contribution in [3.8, 4) is 0 Å². The molecule has 0 spiro atoms. The Balaban J connectivity index is 2.18. The molecule has 3 heterocycles. The fourth-order valence-corrected chi connectivity index (χ4v) is 3.57. The van der Waals surface area contributed by atoms with Crippen molar-refractivity contribution >= 4 is 50.0 Å². The van der Waals surface area contributed by atoms with Crippen LogP contribution in [0.5, 0.6) is 0 Å². The number of halogens is 2. The second kappa shape index (κ2) is 5.84. The minimum Gasteiger partial charge on any atom is -0.305 e. The van der Waals surface area contributed by atoms with Gasteiger partial charge in [-0.3, -0.25) is 0 Å². The number of hydrogen-bond acceptors (Lipinski definition) is 3. The number of aryl methyl sites for hydroxylation is 1. The number of rotatable bonds is 4. The van der Waals surface area contributed by atoms with Crippen molar-refractivity contribution in [2.45, 2.75) is 19.4 Å². The SMILES string of the molecule is CC(c1ccsc1)n1c(CCCl)nc2cc(Br)cnc21. The van der Waals surface area contributed by atoms with Crippen LogP contribution < -0.4 is 0 Å². The van der Waals surface area contributed by atoms with E-state index in [0.29, 0.717) is 5.88 Å². The van der Waals surface area contributed by atoms with Crippen LogP contribution in [0.25, 0.3) is 11.2 Å². The molecule has 0 radical (unpaired) electrons. The number of aromatic nitrogens is 3. The first-order valence-electron chi connectivity index (χ1n) is 6.31. The molecule has 0 saturated carbocycles. The smallest absolute Gasteiger partial charge is 0.160 e. The van der Waals surface area contributed by atoms with Gasteiger partial charge in [-0.15, -0.1) is 11.6 Å². The molecule has 0 aliphatic rings. The zero-order valence-electron chi connectivity index (χ0n) is 10.9. The number of imidazole rings is 1. The van der Waals surface area contributed by atoms with Gasteiger partial charge >= 0.3 is 0 Å². The molecule has 6 heteroatoms.